The van der Waals surface area contributed by atoms with Crippen LogP contribution in [0.5, 0.6) is 0 Å². The fourth-order valence-electron chi connectivity index (χ4n) is 8.75. The summed E-state index contributed by atoms with van der Waals surface area (Å²) in [5, 5.41) is 11.1. The quantitative estimate of drug-likeness (QED) is 0.375. The average Bonchev–Trinajstić information content (AvgIpc) is 3.42. The van der Waals surface area contributed by atoms with Gasteiger partial charge in [-0.15, -0.1) is 0 Å². The van der Waals surface area contributed by atoms with Gasteiger partial charge in [-0.25, -0.2) is 0 Å². The second-order valence-corrected chi connectivity index (χ2v) is 12.9. The Labute approximate surface area is 254 Å². The number of benzene rings is 1. The maximum atomic E-state index is 4.85. The van der Waals surface area contributed by atoms with Crippen molar-refractivity contribution >= 4 is 29.2 Å². The van der Waals surface area contributed by atoms with Gasteiger partial charge in [0, 0.05) is 54.5 Å². The molecule has 216 valence electrons. The molecule has 1 saturated heterocycles. The van der Waals surface area contributed by atoms with E-state index in [1.54, 1.807) is 5.57 Å². The molecule has 1 aromatic rings. The lowest BCUT2D eigenvalue weighted by Crippen LogP contribution is -2.51. The molecule has 0 spiro atoms. The van der Waals surface area contributed by atoms with E-state index in [9.17, 15) is 0 Å². The van der Waals surface area contributed by atoms with Crippen molar-refractivity contribution in [2.45, 2.75) is 56.8 Å². The standard InChI is InChI=1S/C38H39N5/c1-2-9-28-24(7-1)13-17-34-36(28)31-21-25(14-16-33(31)43(34)35-11-3-4-18-39-35)32-15-12-27(23-42-32)30-22-26-8-5-19-40-37(26)38-29(30)10-6-20-41-38/h1,4-5,7-8,12-18,20-22,31,33-36,39-40,42H,2-3,6,9-11,19,23H2. The molecule has 9 rings (SSSR count). The van der Waals surface area contributed by atoms with E-state index in [1.165, 1.54) is 51.2 Å². The molecule has 3 aliphatic carbocycles. The summed E-state index contributed by atoms with van der Waals surface area (Å²) in [7, 11) is 0. The molecule has 43 heavy (non-hydrogen) atoms. The summed E-state index contributed by atoms with van der Waals surface area (Å²) in [6.07, 6.45) is 39.8. The molecule has 5 aliphatic heterocycles. The molecule has 0 radical (unpaired) electrons. The Hall–Kier alpha value is -4.09. The monoisotopic (exact) mass is 565 g/mol. The fraction of sp³-hybridized carbons (Fsp3) is 0.342. The van der Waals surface area contributed by atoms with Gasteiger partial charge < -0.3 is 16.0 Å². The molecule has 0 saturated carbocycles. The Kier molecular flexibility index (Phi) is 6.07. The summed E-state index contributed by atoms with van der Waals surface area (Å²) in [5.74, 6) is 0.999. The minimum atomic E-state index is 0.382. The molecule has 5 nitrogen and oxygen atoms in total. The molecule has 8 aliphatic rings. The molecular weight excluding hydrogens is 526 g/mol. The Balaban J connectivity index is 1.06. The van der Waals surface area contributed by atoms with Crippen LogP contribution in [0.25, 0.3) is 11.6 Å². The van der Waals surface area contributed by atoms with Gasteiger partial charge in [0.05, 0.1) is 17.5 Å². The first kappa shape index (κ1) is 25.4. The van der Waals surface area contributed by atoms with Gasteiger partial charge in [0.2, 0.25) is 0 Å². The van der Waals surface area contributed by atoms with E-state index in [0.717, 1.165) is 50.9 Å². The highest BCUT2D eigenvalue weighted by Crippen LogP contribution is 2.50. The van der Waals surface area contributed by atoms with Gasteiger partial charge in [-0.05, 0) is 84.7 Å². The molecule has 1 fully saturated rings. The van der Waals surface area contributed by atoms with Crippen LogP contribution in [0.2, 0.25) is 0 Å². The Morgan fingerprint density at radius 3 is 2.77 bits per heavy atom. The minimum absolute atomic E-state index is 0.382. The number of aliphatic imine (C=N–C) groups is 1. The van der Waals surface area contributed by atoms with E-state index in [0.29, 0.717) is 30.1 Å². The van der Waals surface area contributed by atoms with Crippen molar-refractivity contribution < 1.29 is 0 Å². The van der Waals surface area contributed by atoms with E-state index in [2.05, 4.69) is 112 Å². The van der Waals surface area contributed by atoms with Gasteiger partial charge in [0.25, 0.3) is 0 Å². The molecular formula is C38H39N5. The minimum Gasteiger partial charge on any atom is -0.380 e. The zero-order valence-electron chi connectivity index (χ0n) is 24.6. The van der Waals surface area contributed by atoms with Crippen LogP contribution >= 0.6 is 0 Å². The molecule has 1 aromatic carbocycles. The summed E-state index contributed by atoms with van der Waals surface area (Å²) in [4.78, 5) is 7.64. The van der Waals surface area contributed by atoms with E-state index in [1.807, 2.05) is 0 Å². The summed E-state index contributed by atoms with van der Waals surface area (Å²) >= 11 is 0. The summed E-state index contributed by atoms with van der Waals surface area (Å²) < 4.78 is 0. The van der Waals surface area contributed by atoms with Crippen LogP contribution in [-0.4, -0.2) is 42.5 Å². The predicted octanol–water partition coefficient (Wildman–Crippen LogP) is 6.87. The van der Waals surface area contributed by atoms with E-state index in [4.69, 9.17) is 4.99 Å². The lowest BCUT2D eigenvalue weighted by molar-refractivity contribution is 0.133. The highest BCUT2D eigenvalue weighted by molar-refractivity contribution is 5.91. The molecule has 3 N–H and O–H groups in total. The first-order valence-electron chi connectivity index (χ1n) is 16.3. The van der Waals surface area contributed by atoms with Crippen molar-refractivity contribution in [2.75, 3.05) is 18.4 Å². The van der Waals surface area contributed by atoms with Gasteiger partial charge in [-0.1, -0.05) is 72.4 Å². The largest absolute Gasteiger partial charge is 0.380 e. The van der Waals surface area contributed by atoms with E-state index < -0.39 is 0 Å². The summed E-state index contributed by atoms with van der Waals surface area (Å²) in [6.45, 7) is 1.70. The van der Waals surface area contributed by atoms with Gasteiger partial charge >= 0.3 is 0 Å². The summed E-state index contributed by atoms with van der Waals surface area (Å²) in [6, 6.07) is 3.21. The first-order chi connectivity index (χ1) is 21.3. The Morgan fingerprint density at radius 2 is 1.86 bits per heavy atom. The number of hydrogen-bond donors (Lipinski definition) is 3. The fourth-order valence-corrected chi connectivity index (χ4v) is 8.75. The predicted molar refractivity (Wildman–Crippen MR) is 178 cm³/mol. The van der Waals surface area contributed by atoms with Crippen molar-refractivity contribution in [3.8, 4) is 0 Å². The smallest absolute Gasteiger partial charge is 0.0901 e. The van der Waals surface area contributed by atoms with Crippen molar-refractivity contribution in [1.29, 1.82) is 0 Å². The van der Waals surface area contributed by atoms with Crippen LogP contribution in [0.15, 0.2) is 107 Å². The van der Waals surface area contributed by atoms with Gasteiger partial charge in [-0.3, -0.25) is 9.89 Å². The number of hydrogen-bond acceptors (Lipinski definition) is 5. The highest BCUT2D eigenvalue weighted by Gasteiger charge is 2.51. The maximum Gasteiger partial charge on any atom is 0.0901 e. The second-order valence-electron chi connectivity index (χ2n) is 12.9. The topological polar surface area (TPSA) is 51.7 Å². The van der Waals surface area contributed by atoms with Crippen LogP contribution in [0.3, 0.4) is 0 Å². The number of dihydropyridines is 1. The number of nitrogens with one attached hydrogen (secondary N) is 3. The number of allylic oxidation sites excluding steroid dienone is 8. The van der Waals surface area contributed by atoms with Crippen LogP contribution in [0, 0.1) is 11.8 Å². The zero-order chi connectivity index (χ0) is 28.3. The third kappa shape index (κ3) is 4.12. The second kappa shape index (κ2) is 10.3. The molecule has 5 unspecified atom stereocenters. The molecule has 0 bridgehead atoms. The molecule has 5 heterocycles. The number of nitrogens with zero attached hydrogens (tertiary/aromatic N) is 2. The van der Waals surface area contributed by atoms with Crippen molar-refractivity contribution in [3.63, 3.8) is 0 Å². The third-order valence-electron chi connectivity index (χ3n) is 10.7. The van der Waals surface area contributed by atoms with E-state index >= 15 is 0 Å². The van der Waals surface area contributed by atoms with Crippen molar-refractivity contribution in [3.05, 3.63) is 118 Å². The van der Waals surface area contributed by atoms with Gasteiger partial charge in [-0.2, -0.15) is 0 Å². The average molecular weight is 566 g/mol. The number of rotatable bonds is 3. The zero-order valence-corrected chi connectivity index (χ0v) is 24.6. The van der Waals surface area contributed by atoms with Crippen LogP contribution in [0.4, 0.5) is 11.4 Å². The lowest BCUT2D eigenvalue weighted by Gasteiger charge is -2.39. The Morgan fingerprint density at radius 1 is 0.884 bits per heavy atom. The number of anilines is 1. The van der Waals surface area contributed by atoms with Crippen LogP contribution < -0.4 is 16.0 Å². The molecule has 5 atom stereocenters. The van der Waals surface area contributed by atoms with Crippen molar-refractivity contribution in [1.82, 2.24) is 15.5 Å². The first-order valence-corrected chi connectivity index (χ1v) is 16.3. The van der Waals surface area contributed by atoms with Crippen LogP contribution in [-0.2, 0) is 6.42 Å². The van der Waals surface area contributed by atoms with Crippen LogP contribution in [0.1, 0.15) is 48.8 Å². The molecule has 0 aromatic heterocycles. The van der Waals surface area contributed by atoms with E-state index in [-0.39, 0.29) is 0 Å². The highest BCUT2D eigenvalue weighted by atomic mass is 15.3. The van der Waals surface area contributed by atoms with Gasteiger partial charge in [0.15, 0.2) is 0 Å². The molecule has 5 heteroatoms. The normalized spacial score (nSPS) is 31.4. The molecule has 0 amide bonds. The van der Waals surface area contributed by atoms with Crippen molar-refractivity contribution in [2.24, 2.45) is 16.8 Å². The maximum absolute atomic E-state index is 4.85. The summed E-state index contributed by atoms with van der Waals surface area (Å²) in [5.41, 5.74) is 13.3. The third-order valence-corrected chi connectivity index (χ3v) is 10.7. The van der Waals surface area contributed by atoms with Gasteiger partial charge in [0.1, 0.15) is 0 Å². The lowest BCUT2D eigenvalue weighted by atomic mass is 9.72. The number of likely N-dealkylation sites (tertiary alicyclic amines) is 1. The number of fused-ring (bicyclic) bond motifs is 7. The SMILES string of the molecule is C1=CC2=C(CC1)C1C3C=C(C4=CC=C(c5cc6c(c7c5CCC=N7)NCC=C6)CN4)C=CC3N(C3CCC=CN3)C1C=C2. The Bertz CT molecular complexity index is 1690.